The molecule has 1 aromatic carbocycles. The Morgan fingerprint density at radius 1 is 1.17 bits per heavy atom. The topological polar surface area (TPSA) is 17.1 Å². The van der Waals surface area contributed by atoms with Crippen molar-refractivity contribution in [3.8, 4) is 0 Å². The number of rotatable bonds is 1. The Balaban J connectivity index is 0.00000144. The molecule has 4 heteroatoms. The Kier molecular flexibility index (Phi) is 2.17. The van der Waals surface area contributed by atoms with Crippen LogP contribution in [0.3, 0.4) is 0 Å². The van der Waals surface area contributed by atoms with Crippen molar-refractivity contribution in [2.45, 2.75) is 6.18 Å². The Bertz CT molecular complexity index is 281. The SMILES string of the molecule is O=C(c1ccccc1)C(F)(F)F.[H+]. The van der Waals surface area contributed by atoms with Crippen molar-refractivity contribution >= 4 is 5.78 Å². The molecular weight excluding hydrogens is 169 g/mol. The highest BCUT2D eigenvalue weighted by Gasteiger charge is 2.38. The molecule has 1 aromatic rings. The molecule has 0 radical (unpaired) electrons. The van der Waals surface area contributed by atoms with Crippen LogP contribution in [0.25, 0.3) is 0 Å². The zero-order chi connectivity index (χ0) is 9.19. The molecule has 0 aliphatic rings. The van der Waals surface area contributed by atoms with Crippen molar-refractivity contribution in [2.24, 2.45) is 0 Å². The normalized spacial score (nSPS) is 11.2. The molecule has 0 amide bonds. The van der Waals surface area contributed by atoms with Gasteiger partial charge in [0.2, 0.25) is 0 Å². The van der Waals surface area contributed by atoms with E-state index in [1.54, 1.807) is 6.07 Å². The maximum atomic E-state index is 11.8. The molecule has 0 unspecified atom stereocenters. The summed E-state index contributed by atoms with van der Waals surface area (Å²) in [5.41, 5.74) is -0.329. The van der Waals surface area contributed by atoms with Crippen molar-refractivity contribution in [1.82, 2.24) is 0 Å². The first-order valence-corrected chi connectivity index (χ1v) is 3.18. The van der Waals surface area contributed by atoms with E-state index in [1.807, 2.05) is 0 Å². The summed E-state index contributed by atoms with van der Waals surface area (Å²) in [5, 5.41) is 0. The minimum atomic E-state index is -4.78. The molecule has 0 atom stereocenters. The number of hydrogen-bond donors (Lipinski definition) is 0. The molecule has 0 saturated carbocycles. The minimum Gasteiger partial charge on any atom is -0.284 e. The molecule has 12 heavy (non-hydrogen) atoms. The van der Waals surface area contributed by atoms with Crippen LogP contribution in [0.5, 0.6) is 0 Å². The van der Waals surface area contributed by atoms with Gasteiger partial charge in [-0.2, -0.15) is 13.2 Å². The molecule has 0 aliphatic heterocycles. The first-order chi connectivity index (χ1) is 5.52. The van der Waals surface area contributed by atoms with E-state index in [4.69, 9.17) is 0 Å². The number of carbonyl (C=O) groups excluding carboxylic acids is 1. The summed E-state index contributed by atoms with van der Waals surface area (Å²) in [6.07, 6.45) is -4.78. The highest BCUT2D eigenvalue weighted by molar-refractivity contribution is 6.00. The third-order valence-electron chi connectivity index (χ3n) is 1.29. The van der Waals surface area contributed by atoms with Crippen LogP contribution in [0.2, 0.25) is 0 Å². The van der Waals surface area contributed by atoms with Crippen LogP contribution in [-0.2, 0) is 0 Å². The summed E-state index contributed by atoms with van der Waals surface area (Å²) in [7, 11) is 0. The van der Waals surface area contributed by atoms with Crippen LogP contribution in [-0.4, -0.2) is 12.0 Å². The third-order valence-corrected chi connectivity index (χ3v) is 1.29. The van der Waals surface area contributed by atoms with Crippen molar-refractivity contribution in [3.63, 3.8) is 0 Å². The zero-order valence-electron chi connectivity index (χ0n) is 6.93. The quantitative estimate of drug-likeness (QED) is 0.599. The van der Waals surface area contributed by atoms with Crippen LogP contribution in [0.1, 0.15) is 11.8 Å². The lowest BCUT2D eigenvalue weighted by Gasteiger charge is -2.03. The lowest BCUT2D eigenvalue weighted by atomic mass is 10.1. The van der Waals surface area contributed by atoms with E-state index in [-0.39, 0.29) is 6.99 Å². The van der Waals surface area contributed by atoms with Crippen LogP contribution in [0.4, 0.5) is 13.2 Å². The van der Waals surface area contributed by atoms with Crippen LogP contribution >= 0.6 is 0 Å². The zero-order valence-corrected chi connectivity index (χ0v) is 5.93. The van der Waals surface area contributed by atoms with Crippen LogP contribution < -0.4 is 0 Å². The number of ketones is 1. The standard InChI is InChI=1S/C8H5F3O/c9-8(10,11)7(12)6-4-2-1-3-5-6/h1-5H/p+1. The van der Waals surface area contributed by atoms with Crippen LogP contribution in [0.15, 0.2) is 30.3 Å². The number of benzene rings is 1. The number of halogens is 3. The average molecular weight is 175 g/mol. The molecule has 0 heterocycles. The van der Waals surface area contributed by atoms with Crippen molar-refractivity contribution in [2.75, 3.05) is 0 Å². The van der Waals surface area contributed by atoms with Gasteiger partial charge in [-0.05, 0) is 0 Å². The maximum absolute atomic E-state index is 11.8. The van der Waals surface area contributed by atoms with Gasteiger partial charge in [0.1, 0.15) is 0 Å². The number of alkyl halides is 3. The smallest absolute Gasteiger partial charge is 0.284 e. The molecule has 1 nitrogen and oxygen atoms in total. The van der Waals surface area contributed by atoms with E-state index in [2.05, 4.69) is 0 Å². The monoisotopic (exact) mass is 175 g/mol. The van der Waals surface area contributed by atoms with Gasteiger partial charge in [-0.25, -0.2) is 0 Å². The van der Waals surface area contributed by atoms with E-state index < -0.39 is 12.0 Å². The van der Waals surface area contributed by atoms with Crippen LogP contribution in [0, 0.1) is 0 Å². The highest BCUT2D eigenvalue weighted by Crippen LogP contribution is 2.20. The first-order valence-electron chi connectivity index (χ1n) is 3.18. The summed E-state index contributed by atoms with van der Waals surface area (Å²) in [5.74, 6) is -1.80. The lowest BCUT2D eigenvalue weighted by Crippen LogP contribution is -2.22. The first kappa shape index (κ1) is 8.77. The van der Waals surface area contributed by atoms with Crippen molar-refractivity contribution < 1.29 is 19.4 Å². The molecule has 1 rings (SSSR count). The van der Waals surface area contributed by atoms with Gasteiger partial charge in [-0.3, -0.25) is 4.79 Å². The van der Waals surface area contributed by atoms with Gasteiger partial charge in [-0.15, -0.1) is 0 Å². The number of carbonyl (C=O) groups is 1. The fraction of sp³-hybridized carbons (Fsp3) is 0.125. The number of Topliss-reactive ketones (excluding diaryl/α,β-unsaturated/α-hetero) is 1. The Morgan fingerprint density at radius 3 is 2.08 bits per heavy atom. The van der Waals surface area contributed by atoms with Crippen molar-refractivity contribution in [1.29, 1.82) is 0 Å². The molecule has 0 spiro atoms. The molecule has 64 valence electrons. The highest BCUT2D eigenvalue weighted by atomic mass is 19.4. The van der Waals surface area contributed by atoms with Gasteiger partial charge >= 0.3 is 7.60 Å². The van der Waals surface area contributed by atoms with E-state index in [1.165, 1.54) is 12.1 Å². The van der Waals surface area contributed by atoms with Gasteiger partial charge < -0.3 is 0 Å². The minimum absolute atomic E-state index is 0. The van der Waals surface area contributed by atoms with Crippen molar-refractivity contribution in [3.05, 3.63) is 35.9 Å². The molecular formula is C8H6F3O+. The second-order valence-electron chi connectivity index (χ2n) is 2.19. The summed E-state index contributed by atoms with van der Waals surface area (Å²) >= 11 is 0. The molecule has 0 saturated heterocycles. The molecule has 0 fully saturated rings. The Morgan fingerprint density at radius 2 is 1.67 bits per heavy atom. The fourth-order valence-corrected chi connectivity index (χ4v) is 0.753. The van der Waals surface area contributed by atoms with Gasteiger partial charge in [0.15, 0.2) is 0 Å². The van der Waals surface area contributed by atoms with E-state index in [0.717, 1.165) is 12.1 Å². The summed E-state index contributed by atoms with van der Waals surface area (Å²) in [6, 6.07) is 6.59. The fourth-order valence-electron chi connectivity index (χ4n) is 0.753. The molecule has 0 N–H and O–H groups in total. The van der Waals surface area contributed by atoms with E-state index in [9.17, 15) is 18.0 Å². The van der Waals surface area contributed by atoms with Gasteiger partial charge in [-0.1, -0.05) is 30.3 Å². The summed E-state index contributed by atoms with van der Waals surface area (Å²) < 4.78 is 35.4. The number of hydrogen-bond acceptors (Lipinski definition) is 1. The molecule has 0 aromatic heterocycles. The second kappa shape index (κ2) is 2.97. The molecule has 0 aliphatic carbocycles. The third kappa shape index (κ3) is 1.84. The van der Waals surface area contributed by atoms with Gasteiger partial charge in [0, 0.05) is 5.56 Å². The maximum Gasteiger partial charge on any atom is 1.00 e. The second-order valence-corrected chi connectivity index (χ2v) is 2.19. The van der Waals surface area contributed by atoms with E-state index >= 15 is 0 Å². The summed E-state index contributed by atoms with van der Waals surface area (Å²) in [4.78, 5) is 10.5. The lowest BCUT2D eigenvalue weighted by molar-refractivity contribution is -0.0885. The van der Waals surface area contributed by atoms with E-state index in [0.29, 0.717) is 0 Å². The summed E-state index contributed by atoms with van der Waals surface area (Å²) in [6.45, 7) is 0. The average Bonchev–Trinajstić information content (AvgIpc) is 2.03. The Labute approximate surface area is 68.3 Å². The predicted octanol–water partition coefficient (Wildman–Crippen LogP) is 2.54. The largest absolute Gasteiger partial charge is 1.00 e. The Hall–Kier alpha value is -1.32. The van der Waals surface area contributed by atoms with Gasteiger partial charge in [0.05, 0.1) is 0 Å². The predicted molar refractivity (Wildman–Crippen MR) is 37.9 cm³/mol. The molecule has 0 bridgehead atoms. The van der Waals surface area contributed by atoms with Gasteiger partial charge in [0.25, 0.3) is 5.78 Å².